The number of hydrogen-bond donors (Lipinski definition) is 0. The smallest absolute Gasteiger partial charge is 0.166 e. The molecule has 0 fully saturated rings. The fraction of sp³-hybridized carbons (Fsp3) is 0.143. The van der Waals surface area contributed by atoms with Crippen molar-refractivity contribution in [2.75, 3.05) is 0 Å². The Labute approximate surface area is 108 Å². The predicted octanol–water partition coefficient (Wildman–Crippen LogP) is 5.33. The maximum atomic E-state index is 12.6. The number of alkyl halides is 3. The van der Waals surface area contributed by atoms with Crippen LogP contribution in [0.4, 0.5) is 13.2 Å². The Kier molecular flexibility index (Phi) is 3.35. The Morgan fingerprint density at radius 3 is 2.39 bits per heavy atom. The van der Waals surface area contributed by atoms with Gasteiger partial charge in [0.15, 0.2) is 0 Å². The molecule has 2 aromatic rings. The van der Waals surface area contributed by atoms with Gasteiger partial charge in [-0.25, -0.2) is 0 Å². The van der Waals surface area contributed by atoms with Crippen LogP contribution in [0.1, 0.15) is 11.1 Å². The average molecular weight is 271 g/mol. The lowest BCUT2D eigenvalue weighted by Crippen LogP contribution is -2.04. The maximum absolute atomic E-state index is 12.6. The highest BCUT2D eigenvalue weighted by Crippen LogP contribution is 2.33. The van der Waals surface area contributed by atoms with E-state index in [1.807, 2.05) is 6.92 Å². The summed E-state index contributed by atoms with van der Waals surface area (Å²) < 4.78 is 37.9. The van der Waals surface area contributed by atoms with Crippen molar-refractivity contribution in [1.82, 2.24) is 0 Å². The van der Waals surface area contributed by atoms with Crippen molar-refractivity contribution in [3.8, 4) is 11.1 Å². The zero-order chi connectivity index (χ0) is 13.3. The first-order valence-electron chi connectivity index (χ1n) is 5.32. The highest BCUT2D eigenvalue weighted by atomic mass is 35.5. The van der Waals surface area contributed by atoms with E-state index >= 15 is 0 Å². The van der Waals surface area contributed by atoms with Crippen LogP contribution >= 0.6 is 11.6 Å². The van der Waals surface area contributed by atoms with Gasteiger partial charge in [0.2, 0.25) is 0 Å². The number of halogens is 4. The molecule has 0 unspecified atom stereocenters. The third-order valence-electron chi connectivity index (χ3n) is 2.70. The molecular weight excluding hydrogens is 261 g/mol. The second-order valence-electron chi connectivity index (χ2n) is 4.04. The van der Waals surface area contributed by atoms with Crippen molar-refractivity contribution in [2.45, 2.75) is 13.1 Å². The van der Waals surface area contributed by atoms with Crippen molar-refractivity contribution in [2.24, 2.45) is 0 Å². The minimum atomic E-state index is -4.33. The van der Waals surface area contributed by atoms with E-state index in [9.17, 15) is 13.2 Å². The van der Waals surface area contributed by atoms with Gasteiger partial charge in [-0.15, -0.1) is 0 Å². The second-order valence-corrected chi connectivity index (χ2v) is 4.47. The van der Waals surface area contributed by atoms with Crippen LogP contribution < -0.4 is 0 Å². The van der Waals surface area contributed by atoms with Gasteiger partial charge in [-0.3, -0.25) is 0 Å². The molecule has 2 aromatic carbocycles. The third kappa shape index (κ3) is 2.67. The zero-order valence-electron chi connectivity index (χ0n) is 9.55. The molecular formula is C14H10ClF3. The van der Waals surface area contributed by atoms with E-state index in [1.54, 1.807) is 24.3 Å². The monoisotopic (exact) mass is 270 g/mol. The molecule has 0 N–H and O–H groups in total. The van der Waals surface area contributed by atoms with Crippen molar-refractivity contribution in [3.63, 3.8) is 0 Å². The van der Waals surface area contributed by atoms with Gasteiger partial charge in [0.25, 0.3) is 0 Å². The number of benzene rings is 2. The first-order chi connectivity index (χ1) is 8.38. The summed E-state index contributed by atoms with van der Waals surface area (Å²) in [7, 11) is 0. The minimum Gasteiger partial charge on any atom is -0.166 e. The maximum Gasteiger partial charge on any atom is 0.416 e. The fourth-order valence-corrected chi connectivity index (χ4v) is 1.94. The van der Waals surface area contributed by atoms with Crippen molar-refractivity contribution < 1.29 is 13.2 Å². The van der Waals surface area contributed by atoms with E-state index in [1.165, 1.54) is 6.07 Å². The largest absolute Gasteiger partial charge is 0.416 e. The number of aryl methyl sites for hydroxylation is 1. The van der Waals surface area contributed by atoms with Crippen molar-refractivity contribution in [1.29, 1.82) is 0 Å². The Bertz CT molecular complexity index is 573. The molecule has 0 aliphatic heterocycles. The van der Waals surface area contributed by atoms with Gasteiger partial charge in [0, 0.05) is 5.02 Å². The summed E-state index contributed by atoms with van der Waals surface area (Å²) in [5, 5.41) is 0.507. The summed E-state index contributed by atoms with van der Waals surface area (Å²) in [4.78, 5) is 0. The molecule has 94 valence electrons. The van der Waals surface area contributed by atoms with E-state index < -0.39 is 11.7 Å². The van der Waals surface area contributed by atoms with Crippen molar-refractivity contribution >= 4 is 11.6 Å². The number of hydrogen-bond acceptors (Lipinski definition) is 0. The van der Waals surface area contributed by atoms with Gasteiger partial charge in [0.1, 0.15) is 0 Å². The number of rotatable bonds is 1. The minimum absolute atomic E-state index is 0.507. The first kappa shape index (κ1) is 13.0. The van der Waals surface area contributed by atoms with Crippen LogP contribution in [0.5, 0.6) is 0 Å². The molecule has 0 bridgehead atoms. The molecule has 0 saturated carbocycles. The van der Waals surface area contributed by atoms with Crippen LogP contribution in [0.3, 0.4) is 0 Å². The molecule has 0 nitrogen and oxygen atoms in total. The summed E-state index contributed by atoms with van der Waals surface area (Å²) in [6.45, 7) is 1.84. The quantitative estimate of drug-likeness (QED) is 0.657. The molecule has 0 heterocycles. The summed E-state index contributed by atoms with van der Waals surface area (Å²) in [6, 6.07) is 10.4. The topological polar surface area (TPSA) is 0 Å². The van der Waals surface area contributed by atoms with E-state index in [0.717, 1.165) is 17.7 Å². The van der Waals surface area contributed by atoms with Gasteiger partial charge >= 0.3 is 6.18 Å². The van der Waals surface area contributed by atoms with Gasteiger partial charge < -0.3 is 0 Å². The van der Waals surface area contributed by atoms with E-state index in [0.29, 0.717) is 16.1 Å². The van der Waals surface area contributed by atoms with Gasteiger partial charge in [-0.1, -0.05) is 29.8 Å². The third-order valence-corrected chi connectivity index (χ3v) is 2.94. The normalized spacial score (nSPS) is 11.6. The first-order valence-corrected chi connectivity index (χ1v) is 5.69. The highest BCUT2D eigenvalue weighted by molar-refractivity contribution is 6.30. The van der Waals surface area contributed by atoms with Crippen LogP contribution in [0.25, 0.3) is 11.1 Å². The van der Waals surface area contributed by atoms with Crippen molar-refractivity contribution in [3.05, 3.63) is 58.6 Å². The molecule has 0 aliphatic rings. The molecule has 4 heteroatoms. The molecule has 0 aliphatic carbocycles. The molecule has 0 aromatic heterocycles. The molecule has 18 heavy (non-hydrogen) atoms. The molecule has 0 saturated heterocycles. The van der Waals surface area contributed by atoms with Crippen LogP contribution in [0, 0.1) is 6.92 Å². The lowest BCUT2D eigenvalue weighted by molar-refractivity contribution is -0.137. The fourth-order valence-electron chi connectivity index (χ4n) is 1.77. The van der Waals surface area contributed by atoms with Crippen LogP contribution in [-0.2, 0) is 6.18 Å². The highest BCUT2D eigenvalue weighted by Gasteiger charge is 2.30. The van der Waals surface area contributed by atoms with Crippen LogP contribution in [0.15, 0.2) is 42.5 Å². The van der Waals surface area contributed by atoms with E-state index in [-0.39, 0.29) is 0 Å². The average Bonchev–Trinajstić information content (AvgIpc) is 2.31. The lowest BCUT2D eigenvalue weighted by atomic mass is 9.99. The molecule has 0 amide bonds. The van der Waals surface area contributed by atoms with E-state index in [4.69, 9.17) is 11.6 Å². The summed E-state index contributed by atoms with van der Waals surface area (Å²) in [6.07, 6.45) is -4.33. The SMILES string of the molecule is Cc1ccc(Cl)cc1-c1cccc(C(F)(F)F)c1. The van der Waals surface area contributed by atoms with Gasteiger partial charge in [-0.05, 0) is 47.9 Å². The molecule has 0 atom stereocenters. The van der Waals surface area contributed by atoms with Gasteiger partial charge in [0.05, 0.1) is 5.56 Å². The van der Waals surface area contributed by atoms with E-state index in [2.05, 4.69) is 0 Å². The Hall–Kier alpha value is -1.48. The second kappa shape index (κ2) is 4.65. The zero-order valence-corrected chi connectivity index (χ0v) is 10.3. The lowest BCUT2D eigenvalue weighted by Gasteiger charge is -2.11. The van der Waals surface area contributed by atoms with Crippen LogP contribution in [0.2, 0.25) is 5.02 Å². The summed E-state index contributed by atoms with van der Waals surface area (Å²) in [5.41, 5.74) is 1.47. The molecule has 2 rings (SSSR count). The van der Waals surface area contributed by atoms with Crippen LogP contribution in [-0.4, -0.2) is 0 Å². The Balaban J connectivity index is 2.55. The standard InChI is InChI=1S/C14H10ClF3/c1-9-5-6-12(15)8-13(9)10-3-2-4-11(7-10)14(16,17)18/h2-8H,1H3. The Morgan fingerprint density at radius 2 is 1.72 bits per heavy atom. The Morgan fingerprint density at radius 1 is 1.00 bits per heavy atom. The van der Waals surface area contributed by atoms with Gasteiger partial charge in [-0.2, -0.15) is 13.2 Å². The molecule has 0 radical (unpaired) electrons. The predicted molar refractivity (Wildman–Crippen MR) is 66.6 cm³/mol. The molecule has 0 spiro atoms. The summed E-state index contributed by atoms with van der Waals surface area (Å²) >= 11 is 5.87. The summed E-state index contributed by atoms with van der Waals surface area (Å²) in [5.74, 6) is 0.